The molecule has 0 spiro atoms. The lowest BCUT2D eigenvalue weighted by Crippen LogP contribution is -2.32. The highest BCUT2D eigenvalue weighted by molar-refractivity contribution is 5.94. The molecule has 0 aromatic heterocycles. The molecule has 0 unspecified atom stereocenters. The van der Waals surface area contributed by atoms with E-state index in [1.54, 1.807) is 4.90 Å². The van der Waals surface area contributed by atoms with Crippen LogP contribution in [-0.4, -0.2) is 31.4 Å². The van der Waals surface area contributed by atoms with Crippen LogP contribution in [0.3, 0.4) is 0 Å². The van der Waals surface area contributed by atoms with Crippen molar-refractivity contribution in [1.29, 1.82) is 0 Å². The Kier molecular flexibility index (Phi) is 6.91. The first kappa shape index (κ1) is 20.9. The molecule has 0 atom stereocenters. The molecule has 0 saturated carbocycles. The monoisotopic (exact) mass is 393 g/mol. The van der Waals surface area contributed by atoms with Crippen LogP contribution in [0.4, 0.5) is 17.1 Å². The number of anilines is 3. The van der Waals surface area contributed by atoms with E-state index >= 15 is 0 Å². The van der Waals surface area contributed by atoms with E-state index in [1.165, 1.54) is 25.5 Å². The third-order valence-corrected chi connectivity index (χ3v) is 5.59. The smallest absolute Gasteiger partial charge is 0.226 e. The number of hydrogen-bond acceptors (Lipinski definition) is 3. The summed E-state index contributed by atoms with van der Waals surface area (Å²) < 4.78 is 0. The summed E-state index contributed by atoms with van der Waals surface area (Å²) in [4.78, 5) is 28.4. The first-order valence-corrected chi connectivity index (χ1v) is 10.4. The van der Waals surface area contributed by atoms with Crippen LogP contribution in [0.2, 0.25) is 0 Å². The van der Waals surface area contributed by atoms with Gasteiger partial charge >= 0.3 is 0 Å². The predicted molar refractivity (Wildman–Crippen MR) is 120 cm³/mol. The summed E-state index contributed by atoms with van der Waals surface area (Å²) >= 11 is 0. The van der Waals surface area contributed by atoms with Gasteiger partial charge in [0.25, 0.3) is 0 Å². The van der Waals surface area contributed by atoms with Gasteiger partial charge < -0.3 is 15.1 Å². The average molecular weight is 394 g/mol. The van der Waals surface area contributed by atoms with E-state index in [9.17, 15) is 9.59 Å². The minimum Gasteiger partial charge on any atom is -0.372 e. The maximum absolute atomic E-state index is 12.4. The topological polar surface area (TPSA) is 52.7 Å². The van der Waals surface area contributed by atoms with E-state index in [1.807, 2.05) is 43.3 Å². The second kappa shape index (κ2) is 9.59. The Labute approximate surface area is 173 Å². The maximum Gasteiger partial charge on any atom is 0.226 e. The number of benzene rings is 2. The van der Waals surface area contributed by atoms with E-state index in [2.05, 4.69) is 29.3 Å². The third kappa shape index (κ3) is 5.83. The van der Waals surface area contributed by atoms with Gasteiger partial charge in [-0.05, 0) is 62.1 Å². The fourth-order valence-corrected chi connectivity index (χ4v) is 3.65. The minimum atomic E-state index is -0.0945. The van der Waals surface area contributed by atoms with Gasteiger partial charge in [-0.2, -0.15) is 0 Å². The van der Waals surface area contributed by atoms with Gasteiger partial charge in [0.1, 0.15) is 0 Å². The van der Waals surface area contributed by atoms with Crippen molar-refractivity contribution in [3.8, 4) is 0 Å². The van der Waals surface area contributed by atoms with Crippen LogP contribution in [0.15, 0.2) is 48.5 Å². The zero-order valence-corrected chi connectivity index (χ0v) is 17.6. The maximum atomic E-state index is 12.4. The lowest BCUT2D eigenvalue weighted by atomic mass is 9.99. The Hall–Kier alpha value is -2.82. The van der Waals surface area contributed by atoms with Crippen LogP contribution in [-0.2, 0) is 9.59 Å². The Balaban J connectivity index is 1.53. The molecule has 0 radical (unpaired) electrons. The molecule has 1 saturated heterocycles. The van der Waals surface area contributed by atoms with Crippen molar-refractivity contribution in [3.63, 3.8) is 0 Å². The summed E-state index contributed by atoms with van der Waals surface area (Å²) in [6.07, 6.45) is 2.71. The van der Waals surface area contributed by atoms with Gasteiger partial charge in [0.2, 0.25) is 11.8 Å². The second-order valence-electron chi connectivity index (χ2n) is 8.02. The van der Waals surface area contributed by atoms with Crippen molar-refractivity contribution in [1.82, 2.24) is 0 Å². The molecule has 1 N–H and O–H groups in total. The van der Waals surface area contributed by atoms with Gasteiger partial charge in [0.15, 0.2) is 0 Å². The third-order valence-electron chi connectivity index (χ3n) is 5.59. The Bertz CT molecular complexity index is 822. The highest BCUT2D eigenvalue weighted by Crippen LogP contribution is 2.24. The van der Waals surface area contributed by atoms with E-state index in [0.29, 0.717) is 6.54 Å². The normalized spacial score (nSPS) is 14.5. The highest BCUT2D eigenvalue weighted by atomic mass is 16.2. The Morgan fingerprint density at radius 1 is 1.03 bits per heavy atom. The minimum absolute atomic E-state index is 0.0677. The molecular weight excluding hydrogens is 362 g/mol. The molecule has 5 heteroatoms. The number of carbonyl (C=O) groups excluding carboxylic acids is 2. The van der Waals surface area contributed by atoms with Crippen molar-refractivity contribution >= 4 is 28.9 Å². The highest BCUT2D eigenvalue weighted by Gasteiger charge is 2.16. The van der Waals surface area contributed by atoms with Crippen LogP contribution in [0, 0.1) is 12.8 Å². The average Bonchev–Trinajstić information content (AvgIpc) is 2.70. The number of aryl methyl sites for hydroxylation is 1. The molecule has 2 amide bonds. The standard InChI is InChI=1S/C24H31N3O2/c1-18-4-8-23(9-5-18)27(20(3)28)17-14-24(29)25-21-6-10-22(11-7-21)26-15-12-19(2)13-16-26/h4-11,19H,12-17H2,1-3H3,(H,25,29). The van der Waals surface area contributed by atoms with Crippen molar-refractivity contribution < 1.29 is 9.59 Å². The van der Waals surface area contributed by atoms with Crippen molar-refractivity contribution in [2.75, 3.05) is 34.8 Å². The zero-order chi connectivity index (χ0) is 20.8. The van der Waals surface area contributed by atoms with E-state index < -0.39 is 0 Å². The lowest BCUT2D eigenvalue weighted by molar-refractivity contribution is -0.117. The summed E-state index contributed by atoms with van der Waals surface area (Å²) in [6.45, 7) is 8.38. The van der Waals surface area contributed by atoms with Gasteiger partial charge in [0.05, 0.1) is 0 Å². The SMILES string of the molecule is CC(=O)N(CCC(=O)Nc1ccc(N2CCC(C)CC2)cc1)c1ccc(C)cc1. The van der Waals surface area contributed by atoms with Crippen LogP contribution in [0.1, 0.15) is 38.7 Å². The number of amides is 2. The van der Waals surface area contributed by atoms with Crippen molar-refractivity contribution in [2.24, 2.45) is 5.92 Å². The summed E-state index contributed by atoms with van der Waals surface area (Å²) in [6, 6.07) is 15.8. The summed E-state index contributed by atoms with van der Waals surface area (Å²) in [5.41, 5.74) is 3.94. The van der Waals surface area contributed by atoms with E-state index in [-0.39, 0.29) is 18.2 Å². The second-order valence-corrected chi connectivity index (χ2v) is 8.02. The Morgan fingerprint density at radius 3 is 2.24 bits per heavy atom. The van der Waals surface area contributed by atoms with Crippen LogP contribution in [0.25, 0.3) is 0 Å². The molecule has 1 aliphatic heterocycles. The molecule has 0 aliphatic carbocycles. The molecule has 2 aromatic rings. The number of nitrogens with zero attached hydrogens (tertiary/aromatic N) is 2. The molecule has 1 heterocycles. The number of piperidine rings is 1. The van der Waals surface area contributed by atoms with Crippen LogP contribution < -0.4 is 15.1 Å². The summed E-state index contributed by atoms with van der Waals surface area (Å²) in [5, 5.41) is 2.94. The molecule has 29 heavy (non-hydrogen) atoms. The first-order chi connectivity index (χ1) is 13.9. The van der Waals surface area contributed by atoms with E-state index in [4.69, 9.17) is 0 Å². The molecule has 2 aromatic carbocycles. The fourth-order valence-electron chi connectivity index (χ4n) is 3.65. The van der Waals surface area contributed by atoms with Crippen LogP contribution in [0.5, 0.6) is 0 Å². The van der Waals surface area contributed by atoms with Gasteiger partial charge in [0, 0.05) is 50.0 Å². The summed E-state index contributed by atoms with van der Waals surface area (Å²) in [7, 11) is 0. The van der Waals surface area contributed by atoms with Crippen molar-refractivity contribution in [3.05, 3.63) is 54.1 Å². The molecule has 154 valence electrons. The van der Waals surface area contributed by atoms with Crippen LogP contribution >= 0.6 is 0 Å². The quantitative estimate of drug-likeness (QED) is 0.779. The van der Waals surface area contributed by atoms with Gasteiger partial charge in [-0.3, -0.25) is 9.59 Å². The van der Waals surface area contributed by atoms with E-state index in [0.717, 1.165) is 35.9 Å². The predicted octanol–water partition coefficient (Wildman–Crippen LogP) is 4.61. The van der Waals surface area contributed by atoms with Crippen molar-refractivity contribution in [2.45, 2.75) is 40.0 Å². The molecule has 5 nitrogen and oxygen atoms in total. The number of nitrogens with one attached hydrogen (secondary N) is 1. The number of rotatable bonds is 6. The van der Waals surface area contributed by atoms with Gasteiger partial charge in [-0.25, -0.2) is 0 Å². The molecule has 3 rings (SSSR count). The molecule has 1 fully saturated rings. The lowest BCUT2D eigenvalue weighted by Gasteiger charge is -2.32. The molecule has 1 aliphatic rings. The first-order valence-electron chi connectivity index (χ1n) is 10.4. The summed E-state index contributed by atoms with van der Waals surface area (Å²) in [5.74, 6) is 0.643. The van der Waals surface area contributed by atoms with Gasteiger partial charge in [-0.15, -0.1) is 0 Å². The largest absolute Gasteiger partial charge is 0.372 e. The zero-order valence-electron chi connectivity index (χ0n) is 17.6. The van der Waals surface area contributed by atoms with Gasteiger partial charge in [-0.1, -0.05) is 24.6 Å². The molecule has 0 bridgehead atoms. The fraction of sp³-hybridized carbons (Fsp3) is 0.417. The molecular formula is C24H31N3O2. The Morgan fingerprint density at radius 2 is 1.66 bits per heavy atom. The number of carbonyl (C=O) groups is 2. The number of hydrogen-bond donors (Lipinski definition) is 1.